The molecular formula is C16H16N2O2S. The average molecular weight is 300 g/mol. The predicted molar refractivity (Wildman–Crippen MR) is 84.7 cm³/mol. The van der Waals surface area contributed by atoms with Crippen LogP contribution in [0.25, 0.3) is 0 Å². The smallest absolute Gasteiger partial charge is 0.257 e. The molecule has 1 aromatic heterocycles. The number of nitrogens with zero attached hydrogens (tertiary/aromatic N) is 1. The topological polar surface area (TPSA) is 62.2 Å². The van der Waals surface area contributed by atoms with Crippen molar-refractivity contribution in [3.63, 3.8) is 0 Å². The highest BCUT2D eigenvalue weighted by Crippen LogP contribution is 2.22. The van der Waals surface area contributed by atoms with E-state index in [2.05, 4.69) is 22.1 Å². The first-order valence-corrected chi connectivity index (χ1v) is 7.28. The van der Waals surface area contributed by atoms with Gasteiger partial charge in [-0.2, -0.15) is 0 Å². The fourth-order valence-corrected chi connectivity index (χ4v) is 2.59. The second-order valence-corrected chi connectivity index (χ2v) is 5.81. The van der Waals surface area contributed by atoms with Crippen LogP contribution in [-0.4, -0.2) is 22.6 Å². The van der Waals surface area contributed by atoms with Crippen LogP contribution in [0.3, 0.4) is 0 Å². The molecule has 0 spiro atoms. The number of aliphatic hydroxyl groups excluding tert-OH is 1. The molecule has 0 saturated heterocycles. The van der Waals surface area contributed by atoms with Crippen molar-refractivity contribution >= 4 is 22.4 Å². The molecule has 0 fully saturated rings. The minimum atomic E-state index is -0.201. The zero-order valence-electron chi connectivity index (χ0n) is 12.2. The van der Waals surface area contributed by atoms with Gasteiger partial charge in [-0.1, -0.05) is 17.9 Å². The van der Waals surface area contributed by atoms with E-state index in [1.807, 2.05) is 32.9 Å². The van der Waals surface area contributed by atoms with Gasteiger partial charge in [0.25, 0.3) is 5.91 Å². The molecule has 1 aromatic carbocycles. The van der Waals surface area contributed by atoms with E-state index in [9.17, 15) is 4.79 Å². The number of rotatable bonds is 2. The van der Waals surface area contributed by atoms with E-state index in [1.165, 1.54) is 11.3 Å². The molecule has 5 heteroatoms. The first-order valence-electron chi connectivity index (χ1n) is 6.47. The maximum absolute atomic E-state index is 12.3. The Hall–Kier alpha value is -2.16. The summed E-state index contributed by atoms with van der Waals surface area (Å²) in [6.07, 6.45) is 0. The fraction of sp³-hybridized carbons (Fsp3) is 0.250. The summed E-state index contributed by atoms with van der Waals surface area (Å²) < 4.78 is 0. The molecule has 0 radical (unpaired) electrons. The summed E-state index contributed by atoms with van der Waals surface area (Å²) in [4.78, 5) is 17.7. The van der Waals surface area contributed by atoms with Crippen LogP contribution in [0, 0.1) is 32.6 Å². The molecule has 1 heterocycles. The van der Waals surface area contributed by atoms with Crippen LogP contribution in [0.4, 0.5) is 5.13 Å². The molecule has 2 rings (SSSR count). The van der Waals surface area contributed by atoms with Gasteiger partial charge in [-0.3, -0.25) is 10.1 Å². The molecule has 0 unspecified atom stereocenters. The normalized spacial score (nSPS) is 9.90. The van der Waals surface area contributed by atoms with Crippen LogP contribution in [-0.2, 0) is 0 Å². The van der Waals surface area contributed by atoms with E-state index < -0.39 is 0 Å². The molecule has 0 aliphatic rings. The van der Waals surface area contributed by atoms with Gasteiger partial charge in [0.05, 0.1) is 5.69 Å². The summed E-state index contributed by atoms with van der Waals surface area (Å²) >= 11 is 1.46. The number of aryl methyl sites for hydroxylation is 3. The third-order valence-electron chi connectivity index (χ3n) is 3.04. The second kappa shape index (κ2) is 6.53. The van der Waals surface area contributed by atoms with Crippen molar-refractivity contribution in [2.75, 3.05) is 11.9 Å². The van der Waals surface area contributed by atoms with Crippen molar-refractivity contribution in [2.45, 2.75) is 20.8 Å². The summed E-state index contributed by atoms with van der Waals surface area (Å²) in [5, 5.41) is 12.1. The Morgan fingerprint density at radius 2 is 2.14 bits per heavy atom. The number of hydrogen-bond acceptors (Lipinski definition) is 4. The SMILES string of the molecule is Cc1ccc(C#CCO)cc1C(=O)Nc1nc(C)c(C)s1. The minimum Gasteiger partial charge on any atom is -0.384 e. The van der Waals surface area contributed by atoms with Gasteiger partial charge in [0.15, 0.2) is 5.13 Å². The second-order valence-electron chi connectivity index (χ2n) is 4.60. The van der Waals surface area contributed by atoms with Gasteiger partial charge in [-0.25, -0.2) is 4.98 Å². The zero-order chi connectivity index (χ0) is 15.4. The number of hydrogen-bond donors (Lipinski definition) is 2. The van der Waals surface area contributed by atoms with E-state index >= 15 is 0 Å². The number of anilines is 1. The van der Waals surface area contributed by atoms with Crippen LogP contribution < -0.4 is 5.32 Å². The first-order chi connectivity index (χ1) is 10.0. The van der Waals surface area contributed by atoms with Gasteiger partial charge < -0.3 is 5.11 Å². The van der Waals surface area contributed by atoms with Crippen LogP contribution in [0.5, 0.6) is 0 Å². The van der Waals surface area contributed by atoms with Gasteiger partial charge in [-0.15, -0.1) is 11.3 Å². The fourth-order valence-electron chi connectivity index (χ4n) is 1.78. The van der Waals surface area contributed by atoms with Gasteiger partial charge in [0.1, 0.15) is 6.61 Å². The average Bonchev–Trinajstić information content (AvgIpc) is 2.76. The van der Waals surface area contributed by atoms with Gasteiger partial charge >= 0.3 is 0 Å². The quantitative estimate of drug-likeness (QED) is 0.838. The van der Waals surface area contributed by atoms with Crippen LogP contribution in [0.2, 0.25) is 0 Å². The van der Waals surface area contributed by atoms with Crippen LogP contribution in [0.15, 0.2) is 18.2 Å². The number of aromatic nitrogens is 1. The van der Waals surface area contributed by atoms with Gasteiger partial charge in [0, 0.05) is 16.0 Å². The Morgan fingerprint density at radius 3 is 2.76 bits per heavy atom. The van der Waals surface area contributed by atoms with E-state index in [1.54, 1.807) is 6.07 Å². The summed E-state index contributed by atoms with van der Waals surface area (Å²) in [6.45, 7) is 5.56. The Bertz CT molecular complexity index is 719. The zero-order valence-corrected chi connectivity index (χ0v) is 13.0. The Balaban J connectivity index is 2.25. The Labute approximate surface area is 127 Å². The summed E-state index contributed by atoms with van der Waals surface area (Å²) in [5.74, 6) is 5.17. The number of nitrogens with one attached hydrogen (secondary N) is 1. The first kappa shape index (κ1) is 15.2. The Kier molecular flexibility index (Phi) is 4.73. The lowest BCUT2D eigenvalue weighted by atomic mass is 10.0. The lowest BCUT2D eigenvalue weighted by molar-refractivity contribution is 0.102. The van der Waals surface area contributed by atoms with E-state index in [4.69, 9.17) is 5.11 Å². The highest BCUT2D eigenvalue weighted by Gasteiger charge is 2.12. The third-order valence-corrected chi connectivity index (χ3v) is 4.03. The largest absolute Gasteiger partial charge is 0.384 e. The van der Waals surface area contributed by atoms with Crippen molar-refractivity contribution < 1.29 is 9.90 Å². The van der Waals surface area contributed by atoms with Crippen molar-refractivity contribution in [1.82, 2.24) is 4.98 Å². The van der Waals surface area contributed by atoms with Gasteiger partial charge in [0.2, 0.25) is 0 Å². The summed E-state index contributed by atoms with van der Waals surface area (Å²) in [6, 6.07) is 5.39. The molecular weight excluding hydrogens is 284 g/mol. The molecule has 0 aliphatic heterocycles. The standard InChI is InChI=1S/C16H16N2O2S/c1-10-6-7-13(5-4-8-19)9-14(10)15(20)18-16-17-11(2)12(3)21-16/h6-7,9,19H,8H2,1-3H3,(H,17,18,20). The van der Waals surface area contributed by atoms with Crippen molar-refractivity contribution in [3.05, 3.63) is 45.5 Å². The summed E-state index contributed by atoms with van der Waals surface area (Å²) in [5.41, 5.74) is 3.05. The van der Waals surface area contributed by atoms with Crippen molar-refractivity contribution in [3.8, 4) is 11.8 Å². The molecule has 0 atom stereocenters. The number of aliphatic hydroxyl groups is 1. The van der Waals surface area contributed by atoms with E-state index in [0.717, 1.165) is 16.1 Å². The summed E-state index contributed by atoms with van der Waals surface area (Å²) in [7, 11) is 0. The molecule has 4 nitrogen and oxygen atoms in total. The van der Waals surface area contributed by atoms with Gasteiger partial charge in [-0.05, 0) is 38.5 Å². The van der Waals surface area contributed by atoms with Crippen LogP contribution >= 0.6 is 11.3 Å². The lowest BCUT2D eigenvalue weighted by Crippen LogP contribution is -2.13. The Morgan fingerprint density at radius 1 is 1.38 bits per heavy atom. The maximum atomic E-state index is 12.3. The molecule has 0 bridgehead atoms. The highest BCUT2D eigenvalue weighted by molar-refractivity contribution is 7.15. The highest BCUT2D eigenvalue weighted by atomic mass is 32.1. The van der Waals surface area contributed by atoms with Crippen molar-refractivity contribution in [1.29, 1.82) is 0 Å². The monoisotopic (exact) mass is 300 g/mol. The molecule has 0 aliphatic carbocycles. The molecule has 21 heavy (non-hydrogen) atoms. The molecule has 2 N–H and O–H groups in total. The molecule has 1 amide bonds. The van der Waals surface area contributed by atoms with Crippen LogP contribution in [0.1, 0.15) is 32.1 Å². The van der Waals surface area contributed by atoms with E-state index in [0.29, 0.717) is 16.3 Å². The lowest BCUT2D eigenvalue weighted by Gasteiger charge is -2.06. The minimum absolute atomic E-state index is 0.200. The maximum Gasteiger partial charge on any atom is 0.257 e. The number of carbonyl (C=O) groups excluding carboxylic acids is 1. The number of benzene rings is 1. The number of thiazole rings is 1. The number of carbonyl (C=O) groups is 1. The van der Waals surface area contributed by atoms with Crippen molar-refractivity contribution in [2.24, 2.45) is 0 Å². The molecule has 2 aromatic rings. The number of amides is 1. The predicted octanol–water partition coefficient (Wildman–Crippen LogP) is 2.66. The molecule has 0 saturated carbocycles. The van der Waals surface area contributed by atoms with E-state index in [-0.39, 0.29) is 12.5 Å². The third kappa shape index (κ3) is 3.69. The molecule has 108 valence electrons.